The summed E-state index contributed by atoms with van der Waals surface area (Å²) in [6.45, 7) is 2.15. The normalized spacial score (nSPS) is 12.0. The van der Waals surface area contributed by atoms with E-state index in [1.807, 2.05) is 12.1 Å². The standard InChI is InChI=1S/C11H12Br2O3/c1-3-16-11(14)10(13)7-4-5-9(15-2)8(12)6-7/h4-6,10H,3H2,1-2H3. The Kier molecular flexibility index (Phi) is 5.28. The molecule has 0 aliphatic rings. The van der Waals surface area contributed by atoms with Crippen LogP contribution in [0.15, 0.2) is 22.7 Å². The van der Waals surface area contributed by atoms with Gasteiger partial charge < -0.3 is 9.47 Å². The molecule has 16 heavy (non-hydrogen) atoms. The van der Waals surface area contributed by atoms with E-state index in [-0.39, 0.29) is 5.97 Å². The molecule has 1 unspecified atom stereocenters. The smallest absolute Gasteiger partial charge is 0.324 e. The number of alkyl halides is 1. The molecular formula is C11H12Br2O3. The van der Waals surface area contributed by atoms with E-state index in [0.717, 1.165) is 15.8 Å². The van der Waals surface area contributed by atoms with Gasteiger partial charge in [0.1, 0.15) is 10.6 Å². The lowest BCUT2D eigenvalue weighted by Gasteiger charge is -2.11. The maximum atomic E-state index is 11.5. The van der Waals surface area contributed by atoms with Crippen molar-refractivity contribution in [3.8, 4) is 5.75 Å². The van der Waals surface area contributed by atoms with Crippen LogP contribution < -0.4 is 4.74 Å². The fraction of sp³-hybridized carbons (Fsp3) is 0.364. The average Bonchev–Trinajstić information content (AvgIpc) is 2.28. The van der Waals surface area contributed by atoms with Gasteiger partial charge in [-0.05, 0) is 40.5 Å². The van der Waals surface area contributed by atoms with Gasteiger partial charge >= 0.3 is 5.97 Å². The summed E-state index contributed by atoms with van der Waals surface area (Å²) in [5, 5.41) is 0. The van der Waals surface area contributed by atoms with E-state index in [0.29, 0.717) is 6.61 Å². The molecule has 5 heteroatoms. The molecule has 0 saturated carbocycles. The van der Waals surface area contributed by atoms with E-state index in [9.17, 15) is 4.79 Å². The number of hydrogen-bond acceptors (Lipinski definition) is 3. The van der Waals surface area contributed by atoms with Gasteiger partial charge in [0.2, 0.25) is 0 Å². The van der Waals surface area contributed by atoms with Crippen molar-refractivity contribution in [3.63, 3.8) is 0 Å². The summed E-state index contributed by atoms with van der Waals surface area (Å²) in [6, 6.07) is 5.45. The van der Waals surface area contributed by atoms with Gasteiger partial charge in [0, 0.05) is 0 Å². The molecule has 0 aliphatic carbocycles. The van der Waals surface area contributed by atoms with Crippen LogP contribution in [0.2, 0.25) is 0 Å². The van der Waals surface area contributed by atoms with Gasteiger partial charge in [-0.25, -0.2) is 0 Å². The summed E-state index contributed by atoms with van der Waals surface area (Å²) in [5.41, 5.74) is 0.825. The fourth-order valence-electron chi connectivity index (χ4n) is 1.19. The predicted octanol–water partition coefficient (Wildman–Crippen LogP) is 3.46. The Bertz CT molecular complexity index is 379. The van der Waals surface area contributed by atoms with Crippen LogP contribution in [0.1, 0.15) is 17.3 Å². The molecule has 1 rings (SSSR count). The number of benzene rings is 1. The van der Waals surface area contributed by atoms with Crippen molar-refractivity contribution in [2.75, 3.05) is 13.7 Å². The number of ether oxygens (including phenoxy) is 2. The lowest BCUT2D eigenvalue weighted by molar-refractivity contribution is -0.142. The number of hydrogen-bond donors (Lipinski definition) is 0. The van der Waals surface area contributed by atoms with E-state index < -0.39 is 4.83 Å². The molecule has 0 amide bonds. The lowest BCUT2D eigenvalue weighted by Crippen LogP contribution is -2.10. The molecule has 0 spiro atoms. The molecule has 1 atom stereocenters. The quantitative estimate of drug-likeness (QED) is 0.615. The van der Waals surface area contributed by atoms with Crippen molar-refractivity contribution >= 4 is 37.8 Å². The van der Waals surface area contributed by atoms with E-state index in [1.54, 1.807) is 20.1 Å². The number of carbonyl (C=O) groups excluding carboxylic acids is 1. The summed E-state index contributed by atoms with van der Waals surface area (Å²) in [6.07, 6.45) is 0. The highest BCUT2D eigenvalue weighted by Crippen LogP contribution is 2.31. The summed E-state index contributed by atoms with van der Waals surface area (Å²) in [5.74, 6) is 0.437. The van der Waals surface area contributed by atoms with Crippen LogP contribution in [0.3, 0.4) is 0 Å². The molecular weight excluding hydrogens is 340 g/mol. The zero-order valence-corrected chi connectivity index (χ0v) is 12.2. The number of esters is 1. The molecule has 1 aromatic carbocycles. The third-order valence-corrected chi connectivity index (χ3v) is 3.48. The zero-order chi connectivity index (χ0) is 12.1. The van der Waals surface area contributed by atoms with Gasteiger partial charge in [-0.1, -0.05) is 22.0 Å². The van der Waals surface area contributed by atoms with Crippen LogP contribution in [-0.4, -0.2) is 19.7 Å². The first-order valence-corrected chi connectivity index (χ1v) is 6.45. The summed E-state index contributed by atoms with van der Waals surface area (Å²) in [4.78, 5) is 11.0. The highest BCUT2D eigenvalue weighted by atomic mass is 79.9. The maximum Gasteiger partial charge on any atom is 0.324 e. The Morgan fingerprint density at radius 1 is 1.50 bits per heavy atom. The van der Waals surface area contributed by atoms with Crippen LogP contribution in [0.4, 0.5) is 0 Å². The minimum atomic E-state index is -0.449. The van der Waals surface area contributed by atoms with Crippen LogP contribution in [0.25, 0.3) is 0 Å². The molecule has 0 N–H and O–H groups in total. The topological polar surface area (TPSA) is 35.5 Å². The Labute approximate surface area is 111 Å². The van der Waals surface area contributed by atoms with E-state index in [1.165, 1.54) is 0 Å². The summed E-state index contributed by atoms with van der Waals surface area (Å²) in [7, 11) is 1.59. The van der Waals surface area contributed by atoms with E-state index in [2.05, 4.69) is 31.9 Å². The van der Waals surface area contributed by atoms with Gasteiger partial charge in [0.25, 0.3) is 0 Å². The van der Waals surface area contributed by atoms with Crippen molar-refractivity contribution in [1.82, 2.24) is 0 Å². The molecule has 0 radical (unpaired) electrons. The number of carbonyl (C=O) groups is 1. The summed E-state index contributed by atoms with van der Waals surface area (Å²) >= 11 is 6.66. The second-order valence-corrected chi connectivity index (χ2v) is 4.78. The van der Waals surface area contributed by atoms with Crippen molar-refractivity contribution in [2.45, 2.75) is 11.8 Å². The number of rotatable bonds is 4. The second kappa shape index (κ2) is 6.25. The first-order chi connectivity index (χ1) is 7.60. The lowest BCUT2D eigenvalue weighted by atomic mass is 10.1. The Morgan fingerprint density at radius 2 is 2.19 bits per heavy atom. The Morgan fingerprint density at radius 3 is 2.69 bits per heavy atom. The summed E-state index contributed by atoms with van der Waals surface area (Å²) < 4.78 is 10.8. The van der Waals surface area contributed by atoms with Crippen molar-refractivity contribution < 1.29 is 14.3 Å². The highest BCUT2D eigenvalue weighted by molar-refractivity contribution is 9.10. The van der Waals surface area contributed by atoms with Crippen molar-refractivity contribution in [1.29, 1.82) is 0 Å². The monoisotopic (exact) mass is 350 g/mol. The van der Waals surface area contributed by atoms with Gasteiger partial charge in [-0.15, -0.1) is 0 Å². The van der Waals surface area contributed by atoms with Gasteiger partial charge in [-0.2, -0.15) is 0 Å². The minimum Gasteiger partial charge on any atom is -0.496 e. The zero-order valence-electron chi connectivity index (χ0n) is 9.00. The van der Waals surface area contributed by atoms with Crippen LogP contribution in [0.5, 0.6) is 5.75 Å². The molecule has 0 heterocycles. The van der Waals surface area contributed by atoms with Crippen LogP contribution in [0, 0.1) is 0 Å². The maximum absolute atomic E-state index is 11.5. The first-order valence-electron chi connectivity index (χ1n) is 4.74. The molecule has 1 aromatic rings. The average molecular weight is 352 g/mol. The van der Waals surface area contributed by atoms with Crippen molar-refractivity contribution in [3.05, 3.63) is 28.2 Å². The SMILES string of the molecule is CCOC(=O)C(Br)c1ccc(OC)c(Br)c1. The van der Waals surface area contributed by atoms with Gasteiger partial charge in [0.05, 0.1) is 18.2 Å². The molecule has 88 valence electrons. The third kappa shape index (κ3) is 3.22. The molecule has 0 aliphatic heterocycles. The molecule has 0 saturated heterocycles. The van der Waals surface area contributed by atoms with Crippen molar-refractivity contribution in [2.24, 2.45) is 0 Å². The van der Waals surface area contributed by atoms with Gasteiger partial charge in [0.15, 0.2) is 0 Å². The fourth-order valence-corrected chi connectivity index (χ4v) is 2.17. The third-order valence-electron chi connectivity index (χ3n) is 1.96. The van der Waals surface area contributed by atoms with Crippen LogP contribution in [-0.2, 0) is 9.53 Å². The van der Waals surface area contributed by atoms with E-state index >= 15 is 0 Å². The van der Waals surface area contributed by atoms with Crippen LogP contribution >= 0.6 is 31.9 Å². The molecule has 3 nitrogen and oxygen atoms in total. The Hall–Kier alpha value is -0.550. The molecule has 0 bridgehead atoms. The molecule has 0 aromatic heterocycles. The number of halogens is 2. The highest BCUT2D eigenvalue weighted by Gasteiger charge is 2.19. The molecule has 0 fully saturated rings. The Balaban J connectivity index is 2.88. The second-order valence-electron chi connectivity index (χ2n) is 3.01. The largest absolute Gasteiger partial charge is 0.496 e. The minimum absolute atomic E-state index is 0.292. The van der Waals surface area contributed by atoms with E-state index in [4.69, 9.17) is 9.47 Å². The predicted molar refractivity (Wildman–Crippen MR) is 69.0 cm³/mol. The number of methoxy groups -OCH3 is 1. The van der Waals surface area contributed by atoms with Gasteiger partial charge in [-0.3, -0.25) is 4.79 Å². The first kappa shape index (κ1) is 13.5.